The lowest BCUT2D eigenvalue weighted by atomic mass is 10.2. The Kier molecular flexibility index (Phi) is 3.48. The number of hydrogen-bond acceptors (Lipinski definition) is 3. The Bertz CT molecular complexity index is 795. The van der Waals surface area contributed by atoms with Crippen molar-refractivity contribution >= 4 is 44.4 Å². The van der Waals surface area contributed by atoms with Crippen LogP contribution in [0.25, 0.3) is 11.0 Å². The zero-order chi connectivity index (χ0) is 14.3. The van der Waals surface area contributed by atoms with Crippen molar-refractivity contribution in [1.82, 2.24) is 9.97 Å². The predicted octanol–water partition coefficient (Wildman–Crippen LogP) is 4.68. The van der Waals surface area contributed by atoms with Gasteiger partial charge in [-0.2, -0.15) is 0 Å². The first-order valence-corrected chi connectivity index (χ1v) is 7.84. The van der Waals surface area contributed by atoms with Crippen LogP contribution in [0.1, 0.15) is 11.1 Å². The largest absolute Gasteiger partial charge is 0.398 e. The monoisotopic (exact) mass is 347 g/mol. The molecule has 2 aromatic carbocycles. The second-order valence-corrected chi connectivity index (χ2v) is 6.69. The molecule has 20 heavy (non-hydrogen) atoms. The number of benzene rings is 2. The van der Waals surface area contributed by atoms with E-state index in [-0.39, 0.29) is 0 Å². The normalized spacial score (nSPS) is 11.2. The van der Waals surface area contributed by atoms with E-state index in [0.29, 0.717) is 0 Å². The van der Waals surface area contributed by atoms with E-state index in [9.17, 15) is 0 Å². The molecule has 0 fully saturated rings. The van der Waals surface area contributed by atoms with Gasteiger partial charge in [0.05, 0.1) is 11.0 Å². The molecule has 0 radical (unpaired) electrons. The van der Waals surface area contributed by atoms with Crippen molar-refractivity contribution in [2.75, 3.05) is 5.73 Å². The van der Waals surface area contributed by atoms with Crippen LogP contribution in [0.15, 0.2) is 44.9 Å². The Morgan fingerprint density at radius 1 is 1.20 bits per heavy atom. The molecule has 0 aliphatic rings. The lowest BCUT2D eigenvalue weighted by molar-refractivity contribution is 1.08. The highest BCUT2D eigenvalue weighted by molar-refractivity contribution is 9.10. The molecule has 0 aliphatic carbocycles. The molecule has 3 nitrogen and oxygen atoms in total. The molecule has 0 spiro atoms. The van der Waals surface area contributed by atoms with Crippen LogP contribution in [0.3, 0.4) is 0 Å². The molecule has 3 N–H and O–H groups in total. The smallest absolute Gasteiger partial charge is 0.171 e. The predicted molar refractivity (Wildman–Crippen MR) is 88.2 cm³/mol. The molecule has 0 bridgehead atoms. The summed E-state index contributed by atoms with van der Waals surface area (Å²) in [5.41, 5.74) is 11.0. The second-order valence-electron chi connectivity index (χ2n) is 4.80. The van der Waals surface area contributed by atoms with Gasteiger partial charge in [0.1, 0.15) is 0 Å². The van der Waals surface area contributed by atoms with E-state index in [2.05, 4.69) is 51.0 Å². The third-order valence-corrected chi connectivity index (χ3v) is 5.01. The number of aromatic nitrogens is 2. The summed E-state index contributed by atoms with van der Waals surface area (Å²) in [7, 11) is 0. The van der Waals surface area contributed by atoms with Gasteiger partial charge in [-0.3, -0.25) is 0 Å². The minimum atomic E-state index is 0.793. The fraction of sp³-hybridized carbons (Fsp3) is 0.133. The van der Waals surface area contributed by atoms with Crippen molar-refractivity contribution < 1.29 is 0 Å². The number of fused-ring (bicyclic) bond motifs is 1. The molecule has 1 aromatic heterocycles. The Balaban J connectivity index is 1.99. The van der Waals surface area contributed by atoms with Crippen molar-refractivity contribution in [2.45, 2.75) is 23.9 Å². The van der Waals surface area contributed by atoms with Crippen LogP contribution in [0.4, 0.5) is 5.69 Å². The van der Waals surface area contributed by atoms with Crippen molar-refractivity contribution in [3.05, 3.63) is 45.9 Å². The quantitative estimate of drug-likeness (QED) is 0.662. The lowest BCUT2D eigenvalue weighted by Gasteiger charge is -2.06. The number of nitrogens with one attached hydrogen (secondary N) is 1. The van der Waals surface area contributed by atoms with Gasteiger partial charge in [-0.1, -0.05) is 17.8 Å². The van der Waals surface area contributed by atoms with Gasteiger partial charge in [0.25, 0.3) is 0 Å². The fourth-order valence-electron chi connectivity index (χ4n) is 2.00. The molecule has 102 valence electrons. The Labute approximate surface area is 130 Å². The summed E-state index contributed by atoms with van der Waals surface area (Å²) in [6, 6.07) is 10.2. The number of rotatable bonds is 2. The van der Waals surface area contributed by atoms with Crippen molar-refractivity contribution in [3.8, 4) is 0 Å². The Morgan fingerprint density at radius 3 is 2.80 bits per heavy atom. The van der Waals surface area contributed by atoms with Crippen molar-refractivity contribution in [3.63, 3.8) is 0 Å². The van der Waals surface area contributed by atoms with Gasteiger partial charge in [-0.25, -0.2) is 4.98 Å². The summed E-state index contributed by atoms with van der Waals surface area (Å²) in [6.45, 7) is 4.08. The number of nitrogens with two attached hydrogens (primary N) is 1. The third kappa shape index (κ3) is 2.55. The van der Waals surface area contributed by atoms with Gasteiger partial charge >= 0.3 is 0 Å². The zero-order valence-electron chi connectivity index (χ0n) is 11.2. The van der Waals surface area contributed by atoms with Gasteiger partial charge in [-0.15, -0.1) is 0 Å². The molecular formula is C15H14BrN3S. The summed E-state index contributed by atoms with van der Waals surface area (Å²) in [6.07, 6.45) is 0. The highest BCUT2D eigenvalue weighted by atomic mass is 79.9. The standard InChI is InChI=1S/C15H14BrN3S/c1-8-3-4-12-13(5-8)19-15(18-12)20-14-6-9(2)11(17)7-10(14)16/h3-7H,17H2,1-2H3,(H,18,19). The highest BCUT2D eigenvalue weighted by Gasteiger charge is 2.09. The summed E-state index contributed by atoms with van der Waals surface area (Å²) < 4.78 is 0.988. The highest BCUT2D eigenvalue weighted by Crippen LogP contribution is 2.35. The number of aromatic amines is 1. The minimum absolute atomic E-state index is 0.793. The maximum Gasteiger partial charge on any atom is 0.171 e. The number of halogens is 1. The van der Waals surface area contributed by atoms with Gasteiger partial charge in [-0.05, 0) is 65.2 Å². The van der Waals surface area contributed by atoms with Crippen LogP contribution >= 0.6 is 27.7 Å². The molecule has 0 unspecified atom stereocenters. The van der Waals surface area contributed by atoms with Gasteiger partial charge in [0.2, 0.25) is 0 Å². The van der Waals surface area contributed by atoms with Crippen LogP contribution in [0.5, 0.6) is 0 Å². The summed E-state index contributed by atoms with van der Waals surface area (Å²) in [5, 5.41) is 0.885. The molecule has 0 aliphatic heterocycles. The summed E-state index contributed by atoms with van der Waals surface area (Å²) in [5.74, 6) is 0. The molecule has 1 heterocycles. The topological polar surface area (TPSA) is 54.7 Å². The number of H-pyrrole nitrogens is 1. The number of imidazole rings is 1. The van der Waals surface area contributed by atoms with E-state index in [1.807, 2.05) is 19.1 Å². The Hall–Kier alpha value is -1.46. The van der Waals surface area contributed by atoms with Crippen molar-refractivity contribution in [1.29, 1.82) is 0 Å². The maximum atomic E-state index is 5.90. The van der Waals surface area contributed by atoms with Crippen LogP contribution in [-0.2, 0) is 0 Å². The lowest BCUT2D eigenvalue weighted by Crippen LogP contribution is -1.90. The van der Waals surface area contributed by atoms with Gasteiger partial charge < -0.3 is 10.7 Å². The molecule has 5 heteroatoms. The molecular weight excluding hydrogens is 334 g/mol. The van der Waals surface area contributed by atoms with E-state index < -0.39 is 0 Å². The fourth-order valence-corrected chi connectivity index (χ4v) is 3.51. The number of hydrogen-bond donors (Lipinski definition) is 2. The molecule has 0 amide bonds. The van der Waals surface area contributed by atoms with E-state index in [4.69, 9.17) is 5.73 Å². The minimum Gasteiger partial charge on any atom is -0.398 e. The van der Waals surface area contributed by atoms with Crippen molar-refractivity contribution in [2.24, 2.45) is 0 Å². The van der Waals surface area contributed by atoms with Crippen LogP contribution in [0.2, 0.25) is 0 Å². The van der Waals surface area contributed by atoms with E-state index in [0.717, 1.165) is 36.8 Å². The summed E-state index contributed by atoms with van der Waals surface area (Å²) in [4.78, 5) is 9.05. The second kappa shape index (κ2) is 5.14. The van der Waals surface area contributed by atoms with Gasteiger partial charge in [0.15, 0.2) is 5.16 Å². The third-order valence-electron chi connectivity index (χ3n) is 3.14. The molecule has 0 saturated heterocycles. The average Bonchev–Trinajstić information content (AvgIpc) is 2.77. The van der Waals surface area contributed by atoms with E-state index in [1.54, 1.807) is 11.8 Å². The van der Waals surface area contributed by atoms with Crippen LogP contribution < -0.4 is 5.73 Å². The molecule has 0 saturated carbocycles. The van der Waals surface area contributed by atoms with Crippen LogP contribution in [0, 0.1) is 13.8 Å². The van der Waals surface area contributed by atoms with E-state index in [1.165, 1.54) is 5.56 Å². The number of nitrogen functional groups attached to an aromatic ring is 1. The molecule has 3 aromatic rings. The number of aryl methyl sites for hydroxylation is 2. The zero-order valence-corrected chi connectivity index (χ0v) is 13.6. The van der Waals surface area contributed by atoms with Crippen LogP contribution in [-0.4, -0.2) is 9.97 Å². The SMILES string of the molecule is Cc1ccc2nc(Sc3cc(C)c(N)cc3Br)[nH]c2c1. The first-order valence-electron chi connectivity index (χ1n) is 6.23. The average molecular weight is 348 g/mol. The molecule has 3 rings (SSSR count). The maximum absolute atomic E-state index is 5.90. The number of nitrogens with zero attached hydrogens (tertiary/aromatic N) is 1. The molecule has 0 atom stereocenters. The summed E-state index contributed by atoms with van der Waals surface area (Å²) >= 11 is 5.15. The van der Waals surface area contributed by atoms with E-state index >= 15 is 0 Å². The first-order chi connectivity index (χ1) is 9.52. The number of anilines is 1. The van der Waals surface area contributed by atoms with Gasteiger partial charge in [0, 0.05) is 15.1 Å². The Morgan fingerprint density at radius 2 is 2.00 bits per heavy atom. The first kappa shape index (κ1) is 13.5.